The van der Waals surface area contributed by atoms with Crippen LogP contribution in [0.3, 0.4) is 0 Å². The Kier molecular flexibility index (Phi) is 5.00. The molecule has 0 bridgehead atoms. The van der Waals surface area contributed by atoms with Gasteiger partial charge in [-0.2, -0.15) is 0 Å². The van der Waals surface area contributed by atoms with E-state index in [4.69, 9.17) is 5.14 Å². The third-order valence-electron chi connectivity index (χ3n) is 3.16. The number of nitrogens with two attached hydrogens (primary N) is 1. The first-order valence-corrected chi connectivity index (χ1v) is 8.81. The van der Waals surface area contributed by atoms with Crippen molar-refractivity contribution in [1.29, 1.82) is 0 Å². The van der Waals surface area contributed by atoms with Crippen LogP contribution in [0.5, 0.6) is 0 Å². The van der Waals surface area contributed by atoms with Crippen LogP contribution in [0.4, 0.5) is 0 Å². The number of hydrogen-bond donors (Lipinski definition) is 2. The lowest BCUT2D eigenvalue weighted by Gasteiger charge is -2.16. The Morgan fingerprint density at radius 3 is 2.27 bits per heavy atom. The third kappa shape index (κ3) is 3.94. The molecular weight excluding hydrogens is 368 g/mol. The van der Waals surface area contributed by atoms with Gasteiger partial charge in [-0.25, -0.2) is 13.6 Å². The Balaban J connectivity index is 2.14. The van der Waals surface area contributed by atoms with Crippen molar-refractivity contribution < 1.29 is 13.2 Å². The normalized spacial score (nSPS) is 12.7. The Labute approximate surface area is 137 Å². The SMILES string of the molecule is CC(NC(=O)c1ccc(S(N)(=O)=O)cc1)c1ccccc1Br. The standard InChI is InChI=1S/C15H15BrN2O3S/c1-10(13-4-2-3-5-14(13)16)18-15(19)11-6-8-12(9-7-11)22(17,20)21/h2-10H,1H3,(H,18,19)(H2,17,20,21). The lowest BCUT2D eigenvalue weighted by atomic mass is 10.1. The molecule has 0 aliphatic heterocycles. The van der Waals surface area contributed by atoms with Crippen molar-refractivity contribution in [3.8, 4) is 0 Å². The lowest BCUT2D eigenvalue weighted by Crippen LogP contribution is -2.27. The number of rotatable bonds is 4. The molecule has 1 unspecified atom stereocenters. The van der Waals surface area contributed by atoms with E-state index in [9.17, 15) is 13.2 Å². The third-order valence-corrected chi connectivity index (χ3v) is 4.82. The Hall–Kier alpha value is -1.70. The lowest BCUT2D eigenvalue weighted by molar-refractivity contribution is 0.0939. The number of primary sulfonamides is 1. The zero-order valence-electron chi connectivity index (χ0n) is 11.8. The summed E-state index contributed by atoms with van der Waals surface area (Å²) in [5.74, 6) is -0.288. The number of nitrogens with one attached hydrogen (secondary N) is 1. The molecule has 0 aliphatic carbocycles. The molecule has 0 saturated heterocycles. The number of sulfonamides is 1. The first-order valence-electron chi connectivity index (χ1n) is 6.47. The van der Waals surface area contributed by atoms with Crippen molar-refractivity contribution in [2.75, 3.05) is 0 Å². The monoisotopic (exact) mass is 382 g/mol. The molecular formula is C15H15BrN2O3S. The van der Waals surface area contributed by atoms with Crippen molar-refractivity contribution in [2.24, 2.45) is 5.14 Å². The first kappa shape index (κ1) is 16.7. The summed E-state index contributed by atoms with van der Waals surface area (Å²) in [6.07, 6.45) is 0. The predicted octanol–water partition coefficient (Wildman–Crippen LogP) is 2.59. The van der Waals surface area contributed by atoms with Gasteiger partial charge in [0.25, 0.3) is 5.91 Å². The van der Waals surface area contributed by atoms with E-state index in [1.807, 2.05) is 31.2 Å². The van der Waals surface area contributed by atoms with Gasteiger partial charge in [0.15, 0.2) is 0 Å². The number of halogens is 1. The summed E-state index contributed by atoms with van der Waals surface area (Å²) in [4.78, 5) is 12.2. The summed E-state index contributed by atoms with van der Waals surface area (Å²) in [5.41, 5.74) is 1.32. The molecule has 2 aromatic carbocycles. The van der Waals surface area contributed by atoms with Gasteiger partial charge in [0.05, 0.1) is 10.9 Å². The highest BCUT2D eigenvalue weighted by Crippen LogP contribution is 2.23. The predicted molar refractivity (Wildman–Crippen MR) is 87.8 cm³/mol. The smallest absolute Gasteiger partial charge is 0.251 e. The maximum absolute atomic E-state index is 12.2. The van der Waals surface area contributed by atoms with E-state index in [0.717, 1.165) is 10.0 Å². The maximum Gasteiger partial charge on any atom is 0.251 e. The molecule has 0 radical (unpaired) electrons. The van der Waals surface area contributed by atoms with Crippen molar-refractivity contribution >= 4 is 31.9 Å². The van der Waals surface area contributed by atoms with Gasteiger partial charge in [-0.1, -0.05) is 34.1 Å². The quantitative estimate of drug-likeness (QED) is 0.851. The van der Waals surface area contributed by atoms with Crippen molar-refractivity contribution in [2.45, 2.75) is 17.9 Å². The van der Waals surface area contributed by atoms with E-state index >= 15 is 0 Å². The molecule has 22 heavy (non-hydrogen) atoms. The summed E-state index contributed by atoms with van der Waals surface area (Å²) in [6, 6.07) is 12.9. The van der Waals surface area contributed by atoms with E-state index < -0.39 is 10.0 Å². The molecule has 2 aromatic rings. The van der Waals surface area contributed by atoms with Gasteiger partial charge in [-0.3, -0.25) is 4.79 Å². The summed E-state index contributed by atoms with van der Waals surface area (Å²) in [5, 5.41) is 7.88. The van der Waals surface area contributed by atoms with Crippen LogP contribution >= 0.6 is 15.9 Å². The fourth-order valence-corrected chi connectivity index (χ4v) is 3.12. The second-order valence-corrected chi connectivity index (χ2v) is 7.20. The van der Waals surface area contributed by atoms with Crippen molar-refractivity contribution in [3.05, 3.63) is 64.1 Å². The van der Waals surface area contributed by atoms with Crippen LogP contribution in [0.1, 0.15) is 28.9 Å². The minimum absolute atomic E-state index is 0.0251. The zero-order chi connectivity index (χ0) is 16.3. The van der Waals surface area contributed by atoms with E-state index in [-0.39, 0.29) is 16.8 Å². The van der Waals surface area contributed by atoms with Gasteiger partial charge in [0.2, 0.25) is 10.0 Å². The zero-order valence-corrected chi connectivity index (χ0v) is 14.2. The van der Waals surface area contributed by atoms with Crippen molar-refractivity contribution in [3.63, 3.8) is 0 Å². The molecule has 0 aliphatic rings. The van der Waals surface area contributed by atoms with Gasteiger partial charge < -0.3 is 5.32 Å². The van der Waals surface area contributed by atoms with Crippen LogP contribution in [0.2, 0.25) is 0 Å². The molecule has 0 heterocycles. The fourth-order valence-electron chi connectivity index (χ4n) is 1.98. The number of carbonyl (C=O) groups excluding carboxylic acids is 1. The van der Waals surface area contributed by atoms with Crippen LogP contribution in [0.15, 0.2) is 57.9 Å². The second kappa shape index (κ2) is 6.60. The van der Waals surface area contributed by atoms with Crippen LogP contribution in [0, 0.1) is 0 Å². The molecule has 0 aromatic heterocycles. The van der Waals surface area contributed by atoms with Gasteiger partial charge in [-0.15, -0.1) is 0 Å². The van der Waals surface area contributed by atoms with Crippen molar-refractivity contribution in [1.82, 2.24) is 5.32 Å². The molecule has 116 valence electrons. The van der Waals surface area contributed by atoms with Gasteiger partial charge in [0.1, 0.15) is 0 Å². The Morgan fingerprint density at radius 2 is 1.73 bits per heavy atom. The molecule has 3 N–H and O–H groups in total. The Morgan fingerprint density at radius 1 is 1.14 bits per heavy atom. The summed E-state index contributed by atoms with van der Waals surface area (Å²) >= 11 is 3.44. The highest BCUT2D eigenvalue weighted by Gasteiger charge is 2.14. The molecule has 0 saturated carbocycles. The molecule has 5 nitrogen and oxygen atoms in total. The highest BCUT2D eigenvalue weighted by molar-refractivity contribution is 9.10. The molecule has 1 atom stereocenters. The van der Waals surface area contributed by atoms with Crippen LogP contribution in [0.25, 0.3) is 0 Å². The molecule has 1 amide bonds. The van der Waals surface area contributed by atoms with E-state index in [0.29, 0.717) is 5.56 Å². The average Bonchev–Trinajstić information content (AvgIpc) is 2.46. The molecule has 7 heteroatoms. The largest absolute Gasteiger partial charge is 0.345 e. The van der Waals surface area contributed by atoms with E-state index in [2.05, 4.69) is 21.2 Å². The second-order valence-electron chi connectivity index (χ2n) is 4.79. The minimum atomic E-state index is -3.75. The topological polar surface area (TPSA) is 89.3 Å². The summed E-state index contributed by atoms with van der Waals surface area (Å²) in [7, 11) is -3.75. The number of amides is 1. The van der Waals surface area contributed by atoms with Gasteiger partial charge in [0, 0.05) is 10.0 Å². The number of benzene rings is 2. The summed E-state index contributed by atoms with van der Waals surface area (Å²) in [6.45, 7) is 1.87. The molecule has 0 fully saturated rings. The van der Waals surface area contributed by atoms with E-state index in [1.54, 1.807) is 0 Å². The Bertz CT molecular complexity index is 789. The van der Waals surface area contributed by atoms with Crippen LogP contribution in [-0.2, 0) is 10.0 Å². The summed E-state index contributed by atoms with van der Waals surface area (Å²) < 4.78 is 23.3. The van der Waals surface area contributed by atoms with Gasteiger partial charge >= 0.3 is 0 Å². The maximum atomic E-state index is 12.2. The first-order chi connectivity index (χ1) is 10.3. The van der Waals surface area contributed by atoms with Crippen LogP contribution < -0.4 is 10.5 Å². The number of carbonyl (C=O) groups is 1. The van der Waals surface area contributed by atoms with Crippen LogP contribution in [-0.4, -0.2) is 14.3 Å². The number of hydrogen-bond acceptors (Lipinski definition) is 3. The van der Waals surface area contributed by atoms with E-state index in [1.165, 1.54) is 24.3 Å². The average molecular weight is 383 g/mol. The molecule has 0 spiro atoms. The minimum Gasteiger partial charge on any atom is -0.345 e. The molecule has 2 rings (SSSR count). The fraction of sp³-hybridized carbons (Fsp3) is 0.133. The van der Waals surface area contributed by atoms with Gasteiger partial charge in [-0.05, 0) is 42.8 Å². The highest BCUT2D eigenvalue weighted by atomic mass is 79.9.